The van der Waals surface area contributed by atoms with Crippen molar-refractivity contribution in [1.29, 1.82) is 0 Å². The van der Waals surface area contributed by atoms with E-state index in [1.165, 1.54) is 11.6 Å². The number of halogens is 1. The number of fused-ring (bicyclic) bond motifs is 2. The van der Waals surface area contributed by atoms with Crippen molar-refractivity contribution in [2.45, 2.75) is 38.1 Å². The van der Waals surface area contributed by atoms with E-state index in [9.17, 15) is 14.7 Å². The summed E-state index contributed by atoms with van der Waals surface area (Å²) >= 11 is 0. The van der Waals surface area contributed by atoms with Gasteiger partial charge in [0.2, 0.25) is 0 Å². The number of hydrogen-bond acceptors (Lipinski definition) is 5. The fourth-order valence-corrected chi connectivity index (χ4v) is 5.97. The van der Waals surface area contributed by atoms with Crippen LogP contribution in [0.3, 0.4) is 0 Å². The number of aromatic nitrogens is 3. The molecule has 1 saturated carbocycles. The van der Waals surface area contributed by atoms with Crippen molar-refractivity contribution < 1.29 is 19.1 Å². The Morgan fingerprint density at radius 1 is 1.05 bits per heavy atom. The van der Waals surface area contributed by atoms with Crippen LogP contribution in [0.1, 0.15) is 58.9 Å². The monoisotopic (exact) mass is 525 g/mol. The molecule has 0 bridgehead atoms. The first-order valence-electron chi connectivity index (χ1n) is 13.5. The standard InChI is InChI=1S/C30H28FN5O3/c1-17-20-6-3-2-5-18(20)9-12-35(17)29(37)26-16-28(34-10-4-11-34)36-27(32-26)15-25(33-36)21-8-7-19(13-24(21)31)22-14-23(22)30(38)39/h2-3,5-8,13,15-17,22-23H,4,9-12,14H2,1H3,(H,38,39)/t17-,22-,23+/m1/s1. The van der Waals surface area contributed by atoms with Gasteiger partial charge in [-0.15, -0.1) is 0 Å². The fraction of sp³-hybridized carbons (Fsp3) is 0.333. The first kappa shape index (κ1) is 23.8. The van der Waals surface area contributed by atoms with Crippen LogP contribution in [-0.2, 0) is 11.2 Å². The predicted octanol–water partition coefficient (Wildman–Crippen LogP) is 4.69. The second-order valence-electron chi connectivity index (χ2n) is 10.8. The Labute approximate surface area is 224 Å². The largest absolute Gasteiger partial charge is 0.481 e. The molecule has 0 spiro atoms. The number of benzene rings is 2. The second kappa shape index (κ2) is 8.90. The third-order valence-electron chi connectivity index (χ3n) is 8.47. The fourth-order valence-electron chi connectivity index (χ4n) is 5.97. The zero-order chi connectivity index (χ0) is 26.8. The van der Waals surface area contributed by atoms with Crippen LogP contribution in [-0.4, -0.2) is 56.1 Å². The molecule has 2 aliphatic heterocycles. The maximum atomic E-state index is 15.2. The zero-order valence-electron chi connectivity index (χ0n) is 21.5. The summed E-state index contributed by atoms with van der Waals surface area (Å²) in [7, 11) is 0. The van der Waals surface area contributed by atoms with Gasteiger partial charge in [-0.25, -0.2) is 9.37 Å². The molecule has 2 fully saturated rings. The number of anilines is 1. The van der Waals surface area contributed by atoms with Crippen molar-refractivity contribution in [3.8, 4) is 11.3 Å². The summed E-state index contributed by atoms with van der Waals surface area (Å²) in [6.07, 6.45) is 2.38. The summed E-state index contributed by atoms with van der Waals surface area (Å²) in [5, 5.41) is 13.9. The lowest BCUT2D eigenvalue weighted by molar-refractivity contribution is -0.138. The number of hydrogen-bond donors (Lipinski definition) is 1. The Balaban J connectivity index is 1.24. The van der Waals surface area contributed by atoms with Gasteiger partial charge < -0.3 is 14.9 Å². The summed E-state index contributed by atoms with van der Waals surface area (Å²) < 4.78 is 16.9. The summed E-state index contributed by atoms with van der Waals surface area (Å²) in [6.45, 7) is 4.37. The molecule has 1 amide bonds. The molecular weight excluding hydrogens is 497 g/mol. The van der Waals surface area contributed by atoms with Gasteiger partial charge in [-0.2, -0.15) is 9.61 Å². The summed E-state index contributed by atoms with van der Waals surface area (Å²) in [4.78, 5) is 33.7. The van der Waals surface area contributed by atoms with Gasteiger partial charge in [0.1, 0.15) is 17.3 Å². The van der Waals surface area contributed by atoms with Crippen LogP contribution >= 0.6 is 0 Å². The van der Waals surface area contributed by atoms with Crippen molar-refractivity contribution in [2.75, 3.05) is 24.5 Å². The first-order valence-corrected chi connectivity index (χ1v) is 13.5. The van der Waals surface area contributed by atoms with Crippen molar-refractivity contribution in [3.05, 3.63) is 82.8 Å². The molecule has 1 saturated heterocycles. The molecule has 1 aliphatic carbocycles. The molecule has 39 heavy (non-hydrogen) atoms. The molecule has 4 heterocycles. The molecule has 8 nitrogen and oxygen atoms in total. The molecule has 2 aromatic heterocycles. The highest BCUT2D eigenvalue weighted by Gasteiger charge is 2.44. The Morgan fingerprint density at radius 2 is 1.87 bits per heavy atom. The van der Waals surface area contributed by atoms with Crippen LogP contribution in [0.15, 0.2) is 54.6 Å². The summed E-state index contributed by atoms with van der Waals surface area (Å²) in [6, 6.07) is 16.5. The molecule has 3 atom stereocenters. The van der Waals surface area contributed by atoms with E-state index in [0.717, 1.165) is 37.3 Å². The minimum absolute atomic E-state index is 0.0618. The topological polar surface area (TPSA) is 91.0 Å². The number of carbonyl (C=O) groups excluding carboxylic acids is 1. The molecule has 3 aliphatic rings. The van der Waals surface area contributed by atoms with E-state index in [2.05, 4.69) is 24.0 Å². The number of carboxylic acids is 1. The highest BCUT2D eigenvalue weighted by atomic mass is 19.1. The van der Waals surface area contributed by atoms with Crippen LogP contribution in [0.25, 0.3) is 16.9 Å². The smallest absolute Gasteiger partial charge is 0.307 e. The zero-order valence-corrected chi connectivity index (χ0v) is 21.5. The van der Waals surface area contributed by atoms with E-state index in [0.29, 0.717) is 41.1 Å². The third kappa shape index (κ3) is 3.95. The summed E-state index contributed by atoms with van der Waals surface area (Å²) in [5.41, 5.74) is 4.70. The normalized spacial score (nSPS) is 21.9. The van der Waals surface area contributed by atoms with Crippen LogP contribution in [0.5, 0.6) is 0 Å². The number of amides is 1. The van der Waals surface area contributed by atoms with E-state index in [1.54, 1.807) is 28.8 Å². The van der Waals surface area contributed by atoms with E-state index in [1.807, 2.05) is 17.0 Å². The SMILES string of the molecule is C[C@@H]1c2ccccc2CCN1C(=O)c1cc(N2CCC2)n2nc(-c3ccc([C@H]4C[C@@H]4C(=O)O)cc3F)cc2n1. The van der Waals surface area contributed by atoms with E-state index >= 15 is 4.39 Å². The van der Waals surface area contributed by atoms with Gasteiger partial charge >= 0.3 is 5.97 Å². The second-order valence-corrected chi connectivity index (χ2v) is 10.8. The van der Waals surface area contributed by atoms with Crippen LogP contribution < -0.4 is 4.90 Å². The highest BCUT2D eigenvalue weighted by Crippen LogP contribution is 2.48. The van der Waals surface area contributed by atoms with Gasteiger partial charge in [0.05, 0.1) is 17.7 Å². The van der Waals surface area contributed by atoms with Gasteiger partial charge in [0.25, 0.3) is 5.91 Å². The van der Waals surface area contributed by atoms with Crippen LogP contribution in [0.2, 0.25) is 0 Å². The van der Waals surface area contributed by atoms with Crippen molar-refractivity contribution in [2.24, 2.45) is 5.92 Å². The van der Waals surface area contributed by atoms with Crippen molar-refractivity contribution in [3.63, 3.8) is 0 Å². The van der Waals surface area contributed by atoms with E-state index in [4.69, 9.17) is 10.1 Å². The van der Waals surface area contributed by atoms with Crippen LogP contribution in [0, 0.1) is 11.7 Å². The molecule has 1 N–H and O–H groups in total. The molecular formula is C30H28FN5O3. The Hall–Kier alpha value is -4.27. The highest BCUT2D eigenvalue weighted by molar-refractivity contribution is 5.94. The lowest BCUT2D eigenvalue weighted by atomic mass is 9.93. The number of rotatable bonds is 5. The third-order valence-corrected chi connectivity index (χ3v) is 8.47. The lowest BCUT2D eigenvalue weighted by Crippen LogP contribution is -2.40. The number of carbonyl (C=O) groups is 2. The minimum Gasteiger partial charge on any atom is -0.481 e. The molecule has 198 valence electrons. The lowest BCUT2D eigenvalue weighted by Gasteiger charge is -2.36. The van der Waals surface area contributed by atoms with Gasteiger partial charge in [0.15, 0.2) is 5.65 Å². The van der Waals surface area contributed by atoms with Crippen molar-refractivity contribution >= 4 is 23.3 Å². The van der Waals surface area contributed by atoms with Gasteiger partial charge in [-0.3, -0.25) is 9.59 Å². The Morgan fingerprint density at radius 3 is 2.59 bits per heavy atom. The van der Waals surface area contributed by atoms with E-state index < -0.39 is 17.7 Å². The maximum Gasteiger partial charge on any atom is 0.307 e. The van der Waals surface area contributed by atoms with Gasteiger partial charge in [0, 0.05) is 37.3 Å². The number of carboxylic acid groups (broad SMARTS) is 1. The Bertz CT molecular complexity index is 1650. The molecule has 7 rings (SSSR count). The minimum atomic E-state index is -0.844. The maximum absolute atomic E-state index is 15.2. The van der Waals surface area contributed by atoms with Crippen molar-refractivity contribution in [1.82, 2.24) is 19.5 Å². The quantitative estimate of drug-likeness (QED) is 0.407. The number of aliphatic carboxylic acids is 1. The molecule has 0 radical (unpaired) electrons. The number of nitrogens with zero attached hydrogens (tertiary/aromatic N) is 5. The predicted molar refractivity (Wildman–Crippen MR) is 143 cm³/mol. The Kier molecular flexibility index (Phi) is 5.43. The van der Waals surface area contributed by atoms with Gasteiger partial charge in [-0.1, -0.05) is 30.3 Å². The average Bonchev–Trinajstić information content (AvgIpc) is 3.60. The molecule has 9 heteroatoms. The van der Waals surface area contributed by atoms with Crippen LogP contribution in [0.4, 0.5) is 10.2 Å². The van der Waals surface area contributed by atoms with Gasteiger partial charge in [-0.05, 0) is 60.9 Å². The van der Waals surface area contributed by atoms with E-state index in [-0.39, 0.29) is 17.9 Å². The first-order chi connectivity index (χ1) is 18.9. The average molecular weight is 526 g/mol. The molecule has 2 aromatic carbocycles. The molecule has 4 aromatic rings. The molecule has 0 unspecified atom stereocenters. The summed E-state index contributed by atoms with van der Waals surface area (Å²) in [5.74, 6) is -1.25.